The Balaban J connectivity index is 1.51. The maximum atomic E-state index is 10.1. The molecule has 0 bridgehead atoms. The fraction of sp³-hybridized carbons (Fsp3) is 0.500. The van der Waals surface area contributed by atoms with E-state index in [-0.39, 0.29) is 28.6 Å². The van der Waals surface area contributed by atoms with Crippen LogP contribution in [0.4, 0.5) is 0 Å². The van der Waals surface area contributed by atoms with E-state index in [9.17, 15) is 5.11 Å². The zero-order valence-electron chi connectivity index (χ0n) is 28.1. The van der Waals surface area contributed by atoms with Gasteiger partial charge in [0.15, 0.2) is 0 Å². The van der Waals surface area contributed by atoms with Gasteiger partial charge < -0.3 is 9.84 Å². The molecule has 3 unspecified atom stereocenters. The smallest absolute Gasteiger partial charge is 0.0982 e. The van der Waals surface area contributed by atoms with Crippen molar-refractivity contribution in [2.24, 2.45) is 10.8 Å². The van der Waals surface area contributed by atoms with Crippen molar-refractivity contribution in [3.63, 3.8) is 0 Å². The van der Waals surface area contributed by atoms with Gasteiger partial charge in [-0.05, 0) is 107 Å². The van der Waals surface area contributed by atoms with Crippen molar-refractivity contribution in [2.45, 2.75) is 119 Å². The van der Waals surface area contributed by atoms with Gasteiger partial charge in [0.25, 0.3) is 0 Å². The summed E-state index contributed by atoms with van der Waals surface area (Å²) in [5.41, 5.74) is 9.13. The summed E-state index contributed by atoms with van der Waals surface area (Å²) < 4.78 is 6.55. The lowest BCUT2D eigenvalue weighted by atomic mass is 9.67. The van der Waals surface area contributed by atoms with Crippen molar-refractivity contribution >= 4 is 0 Å². The number of fused-ring (bicyclic) bond motifs is 1. The van der Waals surface area contributed by atoms with Crippen LogP contribution < -0.4 is 0 Å². The number of hydrogen-bond acceptors (Lipinski definition) is 2. The number of rotatable bonds is 9. The number of aliphatic hydroxyl groups is 1. The van der Waals surface area contributed by atoms with Crippen molar-refractivity contribution in [1.82, 2.24) is 0 Å². The second-order valence-corrected chi connectivity index (χ2v) is 14.3. The second kappa shape index (κ2) is 14.2. The first-order valence-corrected chi connectivity index (χ1v) is 15.8. The van der Waals surface area contributed by atoms with Crippen molar-refractivity contribution < 1.29 is 9.84 Å². The highest BCUT2D eigenvalue weighted by molar-refractivity contribution is 5.39. The van der Waals surface area contributed by atoms with E-state index in [1.165, 1.54) is 51.9 Å². The number of aliphatic hydroxyl groups excluding tert-OH is 1. The van der Waals surface area contributed by atoms with Crippen LogP contribution in [0.2, 0.25) is 0 Å². The summed E-state index contributed by atoms with van der Waals surface area (Å²) in [6.45, 7) is 22.1. The molecule has 0 radical (unpaired) electrons. The Morgan fingerprint density at radius 3 is 1.95 bits per heavy atom. The van der Waals surface area contributed by atoms with Crippen LogP contribution >= 0.6 is 0 Å². The van der Waals surface area contributed by atoms with Gasteiger partial charge in [0.1, 0.15) is 0 Å². The van der Waals surface area contributed by atoms with Crippen LogP contribution in [0.3, 0.4) is 0 Å². The molecule has 1 fully saturated rings. The molecule has 2 aliphatic carbocycles. The molecule has 1 N–H and O–H groups in total. The summed E-state index contributed by atoms with van der Waals surface area (Å²) in [7, 11) is 0. The van der Waals surface area contributed by atoms with Crippen LogP contribution in [0.1, 0.15) is 101 Å². The average molecular weight is 569 g/mol. The average Bonchev–Trinajstić information content (AvgIpc) is 3.24. The summed E-state index contributed by atoms with van der Waals surface area (Å²) >= 11 is 0. The molecule has 2 heteroatoms. The van der Waals surface area contributed by atoms with Crippen LogP contribution in [0.15, 0.2) is 118 Å². The quantitative estimate of drug-likeness (QED) is 0.221. The molecular weight excluding hydrogens is 512 g/mol. The topological polar surface area (TPSA) is 29.5 Å². The molecule has 2 nitrogen and oxygen atoms in total. The first-order valence-electron chi connectivity index (χ1n) is 15.8. The monoisotopic (exact) mass is 568 g/mol. The minimum Gasteiger partial charge on any atom is -0.393 e. The maximum Gasteiger partial charge on any atom is 0.0982 e. The minimum absolute atomic E-state index is 0.00964. The minimum atomic E-state index is -0.223. The molecule has 0 saturated heterocycles. The molecule has 0 aromatic carbocycles. The SMILES string of the molecule is CC1=C(/C=C/C(C)=C/C=C/C(C)=C/C=C/C=C(C)/C=C/C=C(\C)C2C=C3C(C)(C)CCCC3(C)O2)C(C)(C)CC(O)C1. The zero-order chi connectivity index (χ0) is 31.1. The lowest BCUT2D eigenvalue weighted by Crippen LogP contribution is -2.39. The maximum absolute atomic E-state index is 10.1. The Hall–Kier alpha value is -2.68. The third kappa shape index (κ3) is 9.16. The summed E-state index contributed by atoms with van der Waals surface area (Å²) in [6, 6.07) is 0. The van der Waals surface area contributed by atoms with Crippen molar-refractivity contribution in [3.8, 4) is 0 Å². The van der Waals surface area contributed by atoms with Crippen molar-refractivity contribution in [2.75, 3.05) is 0 Å². The van der Waals surface area contributed by atoms with Gasteiger partial charge in [-0.15, -0.1) is 0 Å². The van der Waals surface area contributed by atoms with Gasteiger partial charge in [-0.25, -0.2) is 0 Å². The number of allylic oxidation sites excluding steroid dienone is 16. The molecule has 0 aromatic heterocycles. The van der Waals surface area contributed by atoms with Crippen LogP contribution in [0.25, 0.3) is 0 Å². The highest BCUT2D eigenvalue weighted by Crippen LogP contribution is 2.52. The first-order chi connectivity index (χ1) is 19.6. The third-order valence-electron chi connectivity index (χ3n) is 9.16. The normalized spacial score (nSPS) is 29.5. The number of hydrogen-bond donors (Lipinski definition) is 1. The lowest BCUT2D eigenvalue weighted by Gasteiger charge is -2.42. The van der Waals surface area contributed by atoms with Crippen LogP contribution in [0, 0.1) is 10.8 Å². The van der Waals surface area contributed by atoms with Gasteiger partial charge in [-0.3, -0.25) is 0 Å². The van der Waals surface area contributed by atoms with Crippen LogP contribution in [0.5, 0.6) is 0 Å². The van der Waals surface area contributed by atoms with Gasteiger partial charge in [0.2, 0.25) is 0 Å². The van der Waals surface area contributed by atoms with Gasteiger partial charge in [-0.2, -0.15) is 0 Å². The summed E-state index contributed by atoms with van der Waals surface area (Å²) in [4.78, 5) is 0. The van der Waals surface area contributed by atoms with Crippen LogP contribution in [-0.2, 0) is 4.74 Å². The van der Waals surface area contributed by atoms with E-state index in [0.29, 0.717) is 0 Å². The van der Waals surface area contributed by atoms with Crippen molar-refractivity contribution in [3.05, 3.63) is 118 Å². The molecular formula is C40H56O2. The van der Waals surface area contributed by atoms with Gasteiger partial charge in [0, 0.05) is 0 Å². The summed E-state index contributed by atoms with van der Waals surface area (Å²) in [5.74, 6) is 0. The Kier molecular flexibility index (Phi) is 11.4. The fourth-order valence-corrected chi connectivity index (χ4v) is 6.84. The van der Waals surface area contributed by atoms with Crippen molar-refractivity contribution in [1.29, 1.82) is 0 Å². The summed E-state index contributed by atoms with van der Waals surface area (Å²) in [6.07, 6.45) is 33.2. The molecule has 0 aromatic rings. The largest absolute Gasteiger partial charge is 0.393 e. The van der Waals surface area contributed by atoms with Gasteiger partial charge in [-0.1, -0.05) is 123 Å². The van der Waals surface area contributed by atoms with E-state index >= 15 is 0 Å². The molecule has 42 heavy (non-hydrogen) atoms. The van der Waals surface area contributed by atoms with E-state index in [1.807, 2.05) is 0 Å². The van der Waals surface area contributed by atoms with E-state index in [1.54, 1.807) is 0 Å². The van der Waals surface area contributed by atoms with E-state index in [0.717, 1.165) is 19.3 Å². The van der Waals surface area contributed by atoms with E-state index in [2.05, 4.69) is 148 Å². The number of ether oxygens (including phenoxy) is 1. The molecule has 228 valence electrons. The predicted molar refractivity (Wildman–Crippen MR) is 182 cm³/mol. The highest BCUT2D eigenvalue weighted by Gasteiger charge is 2.47. The third-order valence-corrected chi connectivity index (χ3v) is 9.16. The standard InChI is InChI=1S/C40H56O2/c1-29(18-13-19-31(3)22-23-35-33(5)26-34(41)28-39(35,8)9)16-11-12-17-30(2)20-14-21-32(4)36-27-37-38(6,7)24-15-25-40(37,10)42-36/h11-14,16-23,27,34,36,41H,15,24-26,28H2,1-10H3/b12-11+,18-13+,20-14+,23-22+,29-16+,30-17+,31-19+,32-21+. The molecule has 3 aliphatic rings. The Bertz CT molecular complexity index is 1290. The molecule has 1 saturated carbocycles. The first kappa shape index (κ1) is 33.8. The fourth-order valence-electron chi connectivity index (χ4n) is 6.84. The molecule has 1 heterocycles. The molecule has 0 amide bonds. The second-order valence-electron chi connectivity index (χ2n) is 14.3. The Labute approximate surface area is 257 Å². The molecule has 0 spiro atoms. The Morgan fingerprint density at radius 1 is 0.786 bits per heavy atom. The Morgan fingerprint density at radius 2 is 1.36 bits per heavy atom. The highest BCUT2D eigenvalue weighted by atomic mass is 16.5. The molecule has 3 rings (SSSR count). The van der Waals surface area contributed by atoms with Crippen LogP contribution in [-0.4, -0.2) is 22.9 Å². The van der Waals surface area contributed by atoms with Gasteiger partial charge >= 0.3 is 0 Å². The van der Waals surface area contributed by atoms with E-state index < -0.39 is 0 Å². The predicted octanol–water partition coefficient (Wildman–Crippen LogP) is 10.8. The molecule has 1 aliphatic heterocycles. The molecule has 3 atom stereocenters. The lowest BCUT2D eigenvalue weighted by molar-refractivity contribution is -0.0307. The van der Waals surface area contributed by atoms with Gasteiger partial charge in [0.05, 0.1) is 17.8 Å². The zero-order valence-corrected chi connectivity index (χ0v) is 28.1. The van der Waals surface area contributed by atoms with E-state index in [4.69, 9.17) is 4.74 Å². The summed E-state index contributed by atoms with van der Waals surface area (Å²) in [5, 5.41) is 10.1.